The summed E-state index contributed by atoms with van der Waals surface area (Å²) in [4.78, 5) is 29.6. The molecule has 30 heavy (non-hydrogen) atoms. The van der Waals surface area contributed by atoms with E-state index in [1.807, 2.05) is 23.1 Å². The summed E-state index contributed by atoms with van der Waals surface area (Å²) in [7, 11) is 1.70. The van der Waals surface area contributed by atoms with E-state index in [-0.39, 0.29) is 24.8 Å². The molecule has 6 nitrogen and oxygen atoms in total. The van der Waals surface area contributed by atoms with Gasteiger partial charge < -0.3 is 19.8 Å². The number of anilines is 1. The van der Waals surface area contributed by atoms with Crippen molar-refractivity contribution in [3.05, 3.63) is 62.3 Å². The quantitative estimate of drug-likeness (QED) is 0.618. The van der Waals surface area contributed by atoms with Gasteiger partial charge in [0.2, 0.25) is 5.91 Å². The zero-order chi connectivity index (χ0) is 22.0. The lowest BCUT2D eigenvalue weighted by molar-refractivity contribution is -0.132. The smallest absolute Gasteiger partial charge is 0.407 e. The summed E-state index contributed by atoms with van der Waals surface area (Å²) in [6.07, 6.45) is -1.05. The Labute approximate surface area is 191 Å². The number of benzene rings is 2. The zero-order valence-electron chi connectivity index (χ0n) is 16.6. The number of likely N-dealkylation sites (N-methyl/N-ethyl adjacent to an activating group) is 1. The first-order chi connectivity index (χ1) is 14.2. The zero-order valence-corrected chi connectivity index (χ0v) is 19.8. The van der Waals surface area contributed by atoms with Gasteiger partial charge in [0.25, 0.3) is 0 Å². The van der Waals surface area contributed by atoms with Crippen molar-refractivity contribution in [2.24, 2.45) is 0 Å². The van der Waals surface area contributed by atoms with Gasteiger partial charge in [-0.15, -0.1) is 0 Å². The summed E-state index contributed by atoms with van der Waals surface area (Å²) >= 11 is 6.90. The lowest BCUT2D eigenvalue weighted by atomic mass is 10.1. The minimum atomic E-state index is -1.05. The number of carbonyl (C=O) groups is 2. The van der Waals surface area contributed by atoms with Crippen LogP contribution in [0.15, 0.2) is 45.3 Å². The molecule has 2 aromatic rings. The molecule has 3 rings (SSSR count). The lowest BCUT2D eigenvalue weighted by Gasteiger charge is -2.42. The van der Waals surface area contributed by atoms with Crippen molar-refractivity contribution in [1.29, 1.82) is 0 Å². The first-order valence-corrected chi connectivity index (χ1v) is 10.9. The Balaban J connectivity index is 1.87. The fraction of sp³-hybridized carbons (Fsp3) is 0.333. The Morgan fingerprint density at radius 1 is 1.17 bits per heavy atom. The summed E-state index contributed by atoms with van der Waals surface area (Å²) in [6, 6.07) is 9.50. The van der Waals surface area contributed by atoms with Crippen molar-refractivity contribution in [3.63, 3.8) is 0 Å². The normalized spacial score (nSPS) is 16.5. The van der Waals surface area contributed by atoms with Crippen LogP contribution in [0.5, 0.6) is 0 Å². The third kappa shape index (κ3) is 5.13. The molecule has 1 N–H and O–H groups in total. The summed E-state index contributed by atoms with van der Waals surface area (Å²) in [6.45, 7) is 2.84. The van der Waals surface area contributed by atoms with Crippen molar-refractivity contribution < 1.29 is 19.1 Å². The first-order valence-electron chi connectivity index (χ1n) is 9.36. The van der Waals surface area contributed by atoms with E-state index in [0.717, 1.165) is 20.2 Å². The Morgan fingerprint density at radius 2 is 1.83 bits per heavy atom. The van der Waals surface area contributed by atoms with Gasteiger partial charge in [-0.1, -0.05) is 31.9 Å². The van der Waals surface area contributed by atoms with Crippen LogP contribution in [0.4, 0.5) is 14.9 Å². The molecule has 0 spiro atoms. The third-order valence-electron chi connectivity index (χ3n) is 5.12. The molecule has 2 amide bonds. The monoisotopic (exact) mass is 541 g/mol. The Hall–Kier alpha value is -2.13. The maximum absolute atomic E-state index is 13.6. The molecule has 160 valence electrons. The highest BCUT2D eigenvalue weighted by Gasteiger charge is 2.36. The largest absolute Gasteiger partial charge is 0.465 e. The SMILES string of the molecule is Cc1cc(F)ccc1N1CCN(C(=O)O)CC1C(=O)N(C)Cc1cc(Br)cc(Br)c1. The molecule has 1 heterocycles. The molecule has 0 aromatic heterocycles. The van der Waals surface area contributed by atoms with Gasteiger partial charge in [0.1, 0.15) is 11.9 Å². The standard InChI is InChI=1S/C21H22Br2FN3O3/c1-13-7-17(24)3-4-18(13)27-6-5-26(21(29)30)12-19(27)20(28)25(2)11-14-8-15(22)10-16(23)9-14/h3-4,7-10,19H,5-6,11-12H2,1-2H3,(H,29,30). The van der Waals surface area contributed by atoms with Crippen LogP contribution in [0.2, 0.25) is 0 Å². The average Bonchev–Trinajstić information content (AvgIpc) is 2.66. The van der Waals surface area contributed by atoms with Crippen LogP contribution in [0, 0.1) is 12.7 Å². The van der Waals surface area contributed by atoms with Crippen LogP contribution in [-0.4, -0.2) is 59.6 Å². The number of carbonyl (C=O) groups excluding carboxylic acids is 1. The van der Waals surface area contributed by atoms with Crippen LogP contribution in [0.1, 0.15) is 11.1 Å². The van der Waals surface area contributed by atoms with E-state index in [0.29, 0.717) is 18.7 Å². The third-order valence-corrected chi connectivity index (χ3v) is 6.04. The predicted molar refractivity (Wildman–Crippen MR) is 120 cm³/mol. The first kappa shape index (κ1) is 22.6. The molecule has 0 saturated carbocycles. The highest BCUT2D eigenvalue weighted by molar-refractivity contribution is 9.11. The second kappa shape index (κ2) is 9.34. The van der Waals surface area contributed by atoms with E-state index < -0.39 is 12.1 Å². The number of rotatable bonds is 4. The Bertz CT molecular complexity index is 952. The molecular formula is C21H22Br2FN3O3. The number of piperazine rings is 1. The fourth-order valence-corrected chi connectivity index (χ4v) is 5.09. The molecular weight excluding hydrogens is 521 g/mol. The molecule has 1 fully saturated rings. The van der Waals surface area contributed by atoms with E-state index >= 15 is 0 Å². The molecule has 9 heteroatoms. The van der Waals surface area contributed by atoms with E-state index in [4.69, 9.17) is 0 Å². The van der Waals surface area contributed by atoms with Crippen LogP contribution in [0.3, 0.4) is 0 Å². The molecule has 1 aliphatic heterocycles. The topological polar surface area (TPSA) is 64.1 Å². The summed E-state index contributed by atoms with van der Waals surface area (Å²) in [5, 5.41) is 9.44. The van der Waals surface area contributed by atoms with Gasteiger partial charge in [0, 0.05) is 41.3 Å². The van der Waals surface area contributed by atoms with Crippen molar-refractivity contribution in [2.45, 2.75) is 19.5 Å². The maximum atomic E-state index is 13.6. The van der Waals surface area contributed by atoms with Crippen LogP contribution in [0.25, 0.3) is 0 Å². The van der Waals surface area contributed by atoms with E-state index in [2.05, 4.69) is 31.9 Å². The maximum Gasteiger partial charge on any atom is 0.407 e. The van der Waals surface area contributed by atoms with Crippen molar-refractivity contribution >= 4 is 49.5 Å². The molecule has 1 saturated heterocycles. The van der Waals surface area contributed by atoms with E-state index in [9.17, 15) is 19.1 Å². The van der Waals surface area contributed by atoms with Gasteiger partial charge in [-0.25, -0.2) is 9.18 Å². The predicted octanol–water partition coefficient (Wildman–Crippen LogP) is 4.49. The second-order valence-electron chi connectivity index (χ2n) is 7.34. The van der Waals surface area contributed by atoms with Gasteiger partial charge >= 0.3 is 6.09 Å². The van der Waals surface area contributed by atoms with E-state index in [1.165, 1.54) is 17.0 Å². The van der Waals surface area contributed by atoms with Gasteiger partial charge in [-0.05, 0) is 54.4 Å². The molecule has 1 aliphatic rings. The number of hydrogen-bond acceptors (Lipinski definition) is 3. The molecule has 1 atom stereocenters. The summed E-state index contributed by atoms with van der Waals surface area (Å²) < 4.78 is 15.4. The highest BCUT2D eigenvalue weighted by atomic mass is 79.9. The van der Waals surface area contributed by atoms with Crippen molar-refractivity contribution in [3.8, 4) is 0 Å². The summed E-state index contributed by atoms with van der Waals surface area (Å²) in [5.41, 5.74) is 2.37. The molecule has 0 bridgehead atoms. The van der Waals surface area contributed by atoms with Gasteiger partial charge in [0.05, 0.1) is 6.54 Å². The molecule has 0 aliphatic carbocycles. The van der Waals surface area contributed by atoms with Crippen molar-refractivity contribution in [2.75, 3.05) is 31.6 Å². The number of carboxylic acid groups (broad SMARTS) is 1. The summed E-state index contributed by atoms with van der Waals surface area (Å²) in [5.74, 6) is -0.540. The molecule has 0 radical (unpaired) electrons. The minimum absolute atomic E-state index is 0.0531. The number of aryl methyl sites for hydroxylation is 1. The average molecular weight is 543 g/mol. The van der Waals surface area contributed by atoms with Gasteiger partial charge in [-0.2, -0.15) is 0 Å². The van der Waals surface area contributed by atoms with Crippen LogP contribution < -0.4 is 4.90 Å². The van der Waals surface area contributed by atoms with E-state index in [1.54, 1.807) is 24.9 Å². The van der Waals surface area contributed by atoms with Crippen LogP contribution in [-0.2, 0) is 11.3 Å². The minimum Gasteiger partial charge on any atom is -0.465 e. The van der Waals surface area contributed by atoms with Crippen LogP contribution >= 0.6 is 31.9 Å². The van der Waals surface area contributed by atoms with Gasteiger partial charge in [-0.3, -0.25) is 4.79 Å². The number of nitrogens with zero attached hydrogens (tertiary/aromatic N) is 3. The number of amides is 2. The highest BCUT2D eigenvalue weighted by Crippen LogP contribution is 2.27. The second-order valence-corrected chi connectivity index (χ2v) is 9.17. The molecule has 2 aromatic carbocycles. The number of hydrogen-bond donors (Lipinski definition) is 1. The molecule has 1 unspecified atom stereocenters. The lowest BCUT2D eigenvalue weighted by Crippen LogP contribution is -2.60. The number of halogens is 3. The Kier molecular flexibility index (Phi) is 7.02. The Morgan fingerprint density at radius 3 is 2.43 bits per heavy atom. The van der Waals surface area contributed by atoms with Crippen molar-refractivity contribution in [1.82, 2.24) is 9.80 Å². The van der Waals surface area contributed by atoms with Gasteiger partial charge in [0.15, 0.2) is 0 Å². The fourth-order valence-electron chi connectivity index (χ4n) is 3.71.